The van der Waals surface area contributed by atoms with Gasteiger partial charge in [0.2, 0.25) is 0 Å². The SMILES string of the molecule is COc1ccc(/C=C2/C(=O)N(c3cccc(C(=O)O)c3)N=C2C)cc1. The van der Waals surface area contributed by atoms with Crippen LogP contribution in [0.5, 0.6) is 5.75 Å². The third-order valence-electron chi connectivity index (χ3n) is 3.83. The molecule has 0 aliphatic carbocycles. The largest absolute Gasteiger partial charge is 0.497 e. The zero-order valence-corrected chi connectivity index (χ0v) is 13.8. The van der Waals surface area contributed by atoms with E-state index in [1.807, 2.05) is 24.3 Å². The fourth-order valence-electron chi connectivity index (χ4n) is 2.50. The summed E-state index contributed by atoms with van der Waals surface area (Å²) in [6, 6.07) is 13.4. The van der Waals surface area contributed by atoms with Gasteiger partial charge in [-0.2, -0.15) is 10.1 Å². The van der Waals surface area contributed by atoms with Crippen LogP contribution < -0.4 is 9.75 Å². The molecular weight excluding hydrogens is 320 g/mol. The predicted octanol–water partition coefficient (Wildman–Crippen LogP) is 3.20. The molecule has 6 heteroatoms. The number of hydrogen-bond acceptors (Lipinski definition) is 4. The maximum atomic E-state index is 12.7. The first-order chi connectivity index (χ1) is 12.0. The molecule has 0 spiro atoms. The molecule has 6 nitrogen and oxygen atoms in total. The Balaban J connectivity index is 1.91. The van der Waals surface area contributed by atoms with Gasteiger partial charge in [-0.3, -0.25) is 4.79 Å². The number of anilines is 1. The fourth-order valence-corrected chi connectivity index (χ4v) is 2.50. The number of carboxylic acid groups (broad SMARTS) is 1. The van der Waals surface area contributed by atoms with Crippen molar-refractivity contribution < 1.29 is 19.4 Å². The number of rotatable bonds is 4. The number of hydrazone groups is 1. The van der Waals surface area contributed by atoms with Crippen molar-refractivity contribution in [3.8, 4) is 5.75 Å². The van der Waals surface area contributed by atoms with E-state index in [4.69, 9.17) is 9.84 Å². The summed E-state index contributed by atoms with van der Waals surface area (Å²) in [6.45, 7) is 1.74. The van der Waals surface area contributed by atoms with E-state index < -0.39 is 5.97 Å². The van der Waals surface area contributed by atoms with Gasteiger partial charge in [0.05, 0.1) is 29.6 Å². The first-order valence-electron chi connectivity index (χ1n) is 7.59. The highest BCUT2D eigenvalue weighted by molar-refractivity contribution is 6.32. The standard InChI is InChI=1S/C19H16N2O4/c1-12-17(10-13-6-8-16(25-2)9-7-13)18(22)21(20-12)15-5-3-4-14(11-15)19(23)24/h3-11H,1-2H3,(H,23,24)/b17-10+. The summed E-state index contributed by atoms with van der Waals surface area (Å²) < 4.78 is 5.12. The number of hydrogen-bond donors (Lipinski definition) is 1. The Hall–Kier alpha value is -3.41. The van der Waals surface area contributed by atoms with Crippen molar-refractivity contribution in [2.45, 2.75) is 6.92 Å². The van der Waals surface area contributed by atoms with Crippen LogP contribution >= 0.6 is 0 Å². The molecule has 1 heterocycles. The molecule has 1 aliphatic heterocycles. The number of nitrogens with zero attached hydrogens (tertiary/aromatic N) is 2. The number of carbonyl (C=O) groups is 2. The topological polar surface area (TPSA) is 79.2 Å². The third-order valence-corrected chi connectivity index (χ3v) is 3.83. The number of aromatic carboxylic acids is 1. The summed E-state index contributed by atoms with van der Waals surface area (Å²) in [7, 11) is 1.59. The molecule has 0 saturated carbocycles. The van der Waals surface area contributed by atoms with Crippen molar-refractivity contribution in [3.63, 3.8) is 0 Å². The van der Waals surface area contributed by atoms with E-state index in [-0.39, 0.29) is 11.5 Å². The van der Waals surface area contributed by atoms with Gasteiger partial charge in [-0.15, -0.1) is 0 Å². The molecule has 0 atom stereocenters. The van der Waals surface area contributed by atoms with Crippen molar-refractivity contribution >= 4 is 29.4 Å². The van der Waals surface area contributed by atoms with Gasteiger partial charge >= 0.3 is 5.97 Å². The lowest BCUT2D eigenvalue weighted by molar-refractivity contribution is -0.114. The highest BCUT2D eigenvalue weighted by Crippen LogP contribution is 2.26. The van der Waals surface area contributed by atoms with E-state index in [1.54, 1.807) is 32.2 Å². The zero-order valence-electron chi connectivity index (χ0n) is 13.8. The molecule has 1 amide bonds. The molecule has 3 rings (SSSR count). The van der Waals surface area contributed by atoms with Crippen molar-refractivity contribution in [1.29, 1.82) is 0 Å². The molecule has 0 bridgehead atoms. The Kier molecular flexibility index (Phi) is 4.35. The highest BCUT2D eigenvalue weighted by atomic mass is 16.5. The van der Waals surface area contributed by atoms with Gasteiger partial charge in [0.25, 0.3) is 5.91 Å². The van der Waals surface area contributed by atoms with Crippen molar-refractivity contribution in [1.82, 2.24) is 0 Å². The maximum Gasteiger partial charge on any atom is 0.335 e. The van der Waals surface area contributed by atoms with Gasteiger partial charge in [-0.25, -0.2) is 4.79 Å². The van der Waals surface area contributed by atoms with Crippen LogP contribution in [0.4, 0.5) is 5.69 Å². The van der Waals surface area contributed by atoms with Gasteiger partial charge in [-0.05, 0) is 48.9 Å². The number of carbonyl (C=O) groups excluding carboxylic acids is 1. The maximum absolute atomic E-state index is 12.7. The Morgan fingerprint density at radius 1 is 1.20 bits per heavy atom. The average molecular weight is 336 g/mol. The van der Waals surface area contributed by atoms with E-state index >= 15 is 0 Å². The summed E-state index contributed by atoms with van der Waals surface area (Å²) in [5.74, 6) is -0.614. The lowest BCUT2D eigenvalue weighted by atomic mass is 10.1. The minimum absolute atomic E-state index is 0.103. The molecule has 0 aromatic heterocycles. The summed E-state index contributed by atoms with van der Waals surface area (Å²) in [5, 5.41) is 14.6. The first kappa shape index (κ1) is 16.4. The first-order valence-corrected chi connectivity index (χ1v) is 7.59. The molecule has 25 heavy (non-hydrogen) atoms. The van der Waals surface area contributed by atoms with Gasteiger partial charge in [-0.1, -0.05) is 18.2 Å². The second-order valence-electron chi connectivity index (χ2n) is 5.49. The van der Waals surface area contributed by atoms with Crippen molar-refractivity contribution in [2.24, 2.45) is 5.10 Å². The molecular formula is C19H16N2O4. The lowest BCUT2D eigenvalue weighted by Gasteiger charge is -2.12. The Labute approximate surface area is 144 Å². The summed E-state index contributed by atoms with van der Waals surface area (Å²) in [4.78, 5) is 23.8. The second-order valence-corrected chi connectivity index (χ2v) is 5.49. The molecule has 0 unspecified atom stereocenters. The number of carboxylic acids is 1. The van der Waals surface area contributed by atoms with Crippen LogP contribution in [0, 0.1) is 0 Å². The van der Waals surface area contributed by atoms with Crippen LogP contribution in [0.2, 0.25) is 0 Å². The third kappa shape index (κ3) is 3.28. The number of methoxy groups -OCH3 is 1. The van der Waals surface area contributed by atoms with Crippen LogP contribution in [-0.4, -0.2) is 29.8 Å². The lowest BCUT2D eigenvalue weighted by Crippen LogP contribution is -2.21. The predicted molar refractivity (Wildman–Crippen MR) is 95.0 cm³/mol. The van der Waals surface area contributed by atoms with Crippen LogP contribution in [-0.2, 0) is 4.79 Å². The zero-order chi connectivity index (χ0) is 18.0. The highest BCUT2D eigenvalue weighted by Gasteiger charge is 2.29. The van der Waals surface area contributed by atoms with E-state index in [9.17, 15) is 9.59 Å². The second kappa shape index (κ2) is 6.60. The van der Waals surface area contributed by atoms with Crippen LogP contribution in [0.15, 0.2) is 59.2 Å². The molecule has 0 radical (unpaired) electrons. The fraction of sp³-hybridized carbons (Fsp3) is 0.105. The summed E-state index contributed by atoms with van der Waals surface area (Å²) in [6.07, 6.45) is 1.75. The van der Waals surface area contributed by atoms with E-state index in [0.29, 0.717) is 17.0 Å². The van der Waals surface area contributed by atoms with Crippen LogP contribution in [0.25, 0.3) is 6.08 Å². The molecule has 1 N–H and O–H groups in total. The smallest absolute Gasteiger partial charge is 0.335 e. The monoisotopic (exact) mass is 336 g/mol. The normalized spacial score (nSPS) is 15.4. The Morgan fingerprint density at radius 3 is 2.56 bits per heavy atom. The Morgan fingerprint density at radius 2 is 1.92 bits per heavy atom. The van der Waals surface area contributed by atoms with Crippen molar-refractivity contribution in [3.05, 3.63) is 65.2 Å². The van der Waals surface area contributed by atoms with Crippen LogP contribution in [0.1, 0.15) is 22.8 Å². The van der Waals surface area contributed by atoms with Crippen molar-refractivity contribution in [2.75, 3.05) is 12.1 Å². The minimum Gasteiger partial charge on any atom is -0.497 e. The van der Waals surface area contributed by atoms with E-state index in [1.165, 1.54) is 17.1 Å². The van der Waals surface area contributed by atoms with Crippen LogP contribution in [0.3, 0.4) is 0 Å². The summed E-state index contributed by atoms with van der Waals surface area (Å²) >= 11 is 0. The molecule has 0 saturated heterocycles. The molecule has 0 fully saturated rings. The molecule has 2 aromatic carbocycles. The van der Waals surface area contributed by atoms with Gasteiger partial charge in [0.15, 0.2) is 0 Å². The number of amides is 1. The van der Waals surface area contributed by atoms with Gasteiger partial charge in [0.1, 0.15) is 5.75 Å². The average Bonchev–Trinajstić information content (AvgIpc) is 2.90. The molecule has 1 aliphatic rings. The van der Waals surface area contributed by atoms with Gasteiger partial charge in [0, 0.05) is 0 Å². The molecule has 2 aromatic rings. The molecule has 126 valence electrons. The minimum atomic E-state index is -1.05. The number of benzene rings is 2. The van der Waals surface area contributed by atoms with Gasteiger partial charge < -0.3 is 9.84 Å². The van der Waals surface area contributed by atoms with E-state index in [2.05, 4.69) is 5.10 Å². The van der Waals surface area contributed by atoms with E-state index in [0.717, 1.165) is 11.3 Å². The number of ether oxygens (including phenoxy) is 1. The quantitative estimate of drug-likeness (QED) is 0.870. The Bertz CT molecular complexity index is 898. The summed E-state index contributed by atoms with van der Waals surface area (Å²) in [5.41, 5.74) is 2.40.